The van der Waals surface area contributed by atoms with Gasteiger partial charge >= 0.3 is 131 Å². The van der Waals surface area contributed by atoms with Crippen LogP contribution in [0.25, 0.3) is 0 Å². The molecule has 2 atom stereocenters. The molecule has 0 aromatic heterocycles. The van der Waals surface area contributed by atoms with E-state index in [0.29, 0.717) is 25.0 Å². The van der Waals surface area contributed by atoms with Gasteiger partial charge in [0.2, 0.25) is 0 Å². The monoisotopic (exact) mass is 347 g/mol. The molecule has 0 saturated carbocycles. The summed E-state index contributed by atoms with van der Waals surface area (Å²) in [6.07, 6.45) is 0. The second-order valence-corrected chi connectivity index (χ2v) is 9.08. The van der Waals surface area contributed by atoms with Crippen molar-refractivity contribution in [3.8, 4) is 0 Å². The van der Waals surface area contributed by atoms with Gasteiger partial charge in [0.15, 0.2) is 0 Å². The van der Waals surface area contributed by atoms with E-state index in [1.165, 1.54) is 15.1 Å². The Morgan fingerprint density at radius 1 is 1.05 bits per heavy atom. The van der Waals surface area contributed by atoms with Gasteiger partial charge in [-0.25, -0.2) is 0 Å². The molecule has 0 aliphatic carbocycles. The van der Waals surface area contributed by atoms with Gasteiger partial charge in [0.05, 0.1) is 0 Å². The summed E-state index contributed by atoms with van der Waals surface area (Å²) >= 11 is 2.49. The molecule has 1 aliphatic heterocycles. The number of nitrogens with zero attached hydrogens (tertiary/aromatic N) is 1. The fourth-order valence-corrected chi connectivity index (χ4v) is 5.91. The van der Waals surface area contributed by atoms with Crippen LogP contribution in [0.15, 0.2) is 65.7 Å². The van der Waals surface area contributed by atoms with E-state index in [4.69, 9.17) is 4.99 Å². The van der Waals surface area contributed by atoms with E-state index in [0.717, 1.165) is 6.54 Å². The standard InChI is InChI=1S/C17H17NSSe/c1-13(20-15-10-6-3-7-11-15)16-12-18-17(19-16)14-8-4-2-5-9-14/h2-11,13,16H,12H2,1H3. The molecule has 1 nitrogen and oxygen atoms in total. The molecule has 20 heavy (non-hydrogen) atoms. The van der Waals surface area contributed by atoms with E-state index in [-0.39, 0.29) is 0 Å². The first-order valence-electron chi connectivity index (χ1n) is 6.81. The van der Waals surface area contributed by atoms with Crippen molar-refractivity contribution in [1.29, 1.82) is 0 Å². The molecule has 2 aromatic carbocycles. The molecule has 102 valence electrons. The molecule has 2 aromatic rings. The van der Waals surface area contributed by atoms with Gasteiger partial charge in [-0.15, -0.1) is 0 Å². The second kappa shape index (κ2) is 6.62. The number of thioether (sulfide) groups is 1. The van der Waals surface area contributed by atoms with Crippen LogP contribution in [0.5, 0.6) is 0 Å². The molecular formula is C17H17NSSe. The van der Waals surface area contributed by atoms with Gasteiger partial charge in [0.25, 0.3) is 0 Å². The molecule has 0 amide bonds. The quantitative estimate of drug-likeness (QED) is 0.773. The van der Waals surface area contributed by atoms with Crippen molar-refractivity contribution in [2.75, 3.05) is 6.54 Å². The maximum atomic E-state index is 4.74. The minimum atomic E-state index is 0.528. The Kier molecular flexibility index (Phi) is 4.61. The first kappa shape index (κ1) is 13.9. The van der Waals surface area contributed by atoms with Crippen molar-refractivity contribution < 1.29 is 0 Å². The molecule has 0 N–H and O–H groups in total. The third-order valence-corrected chi connectivity index (χ3v) is 7.74. The number of rotatable bonds is 4. The SMILES string of the molecule is CC([Se]c1ccccc1)C1CN=C(c2ccccc2)S1. The van der Waals surface area contributed by atoms with E-state index >= 15 is 0 Å². The van der Waals surface area contributed by atoms with Crippen LogP contribution in [0.4, 0.5) is 0 Å². The van der Waals surface area contributed by atoms with E-state index in [1.807, 2.05) is 11.8 Å². The average molecular weight is 346 g/mol. The van der Waals surface area contributed by atoms with Gasteiger partial charge in [0, 0.05) is 0 Å². The average Bonchev–Trinajstić information content (AvgIpc) is 2.99. The van der Waals surface area contributed by atoms with Crippen LogP contribution in [0.2, 0.25) is 4.82 Å². The van der Waals surface area contributed by atoms with Crippen molar-refractivity contribution in [3.63, 3.8) is 0 Å². The zero-order valence-electron chi connectivity index (χ0n) is 11.4. The van der Waals surface area contributed by atoms with Crippen LogP contribution >= 0.6 is 11.8 Å². The summed E-state index contributed by atoms with van der Waals surface area (Å²) in [6.45, 7) is 3.33. The van der Waals surface area contributed by atoms with E-state index in [1.54, 1.807) is 0 Å². The predicted molar refractivity (Wildman–Crippen MR) is 90.5 cm³/mol. The molecule has 3 heteroatoms. The van der Waals surface area contributed by atoms with Crippen molar-refractivity contribution in [1.82, 2.24) is 0 Å². The molecule has 0 spiro atoms. The summed E-state index contributed by atoms with van der Waals surface area (Å²) in [5, 5.41) is 1.84. The maximum absolute atomic E-state index is 4.74. The Labute approximate surface area is 131 Å². The van der Waals surface area contributed by atoms with Crippen molar-refractivity contribution in [3.05, 3.63) is 66.2 Å². The summed E-state index contributed by atoms with van der Waals surface area (Å²) in [5.41, 5.74) is 1.26. The summed E-state index contributed by atoms with van der Waals surface area (Å²) < 4.78 is 1.49. The number of hydrogen-bond acceptors (Lipinski definition) is 2. The molecule has 0 radical (unpaired) electrons. The van der Waals surface area contributed by atoms with E-state index in [2.05, 4.69) is 67.6 Å². The van der Waals surface area contributed by atoms with Gasteiger partial charge in [-0.05, 0) is 0 Å². The van der Waals surface area contributed by atoms with Crippen LogP contribution < -0.4 is 4.46 Å². The van der Waals surface area contributed by atoms with Crippen LogP contribution in [0.3, 0.4) is 0 Å². The van der Waals surface area contributed by atoms with Crippen molar-refractivity contribution in [2.24, 2.45) is 4.99 Å². The van der Waals surface area contributed by atoms with Gasteiger partial charge in [-0.1, -0.05) is 0 Å². The first-order chi connectivity index (χ1) is 9.83. The fourth-order valence-electron chi connectivity index (χ4n) is 2.16. The third kappa shape index (κ3) is 3.35. The van der Waals surface area contributed by atoms with Gasteiger partial charge in [-0.3, -0.25) is 0 Å². The van der Waals surface area contributed by atoms with Crippen LogP contribution in [-0.4, -0.2) is 31.8 Å². The van der Waals surface area contributed by atoms with Gasteiger partial charge in [0.1, 0.15) is 0 Å². The summed E-state index contributed by atoms with van der Waals surface area (Å²) in [6, 6.07) is 21.4. The molecular weight excluding hydrogens is 329 g/mol. The Morgan fingerprint density at radius 3 is 2.40 bits per heavy atom. The fraction of sp³-hybridized carbons (Fsp3) is 0.235. The minimum absolute atomic E-state index is 0.528. The Hall–Kier alpha value is -1.02. The van der Waals surface area contributed by atoms with Crippen LogP contribution in [0.1, 0.15) is 12.5 Å². The molecule has 1 heterocycles. The first-order valence-corrected chi connectivity index (χ1v) is 9.54. The summed E-state index contributed by atoms with van der Waals surface area (Å²) in [7, 11) is 0. The molecule has 0 bridgehead atoms. The number of hydrogen-bond donors (Lipinski definition) is 0. The molecule has 1 aliphatic rings. The molecule has 0 saturated heterocycles. The Bertz CT molecular complexity index is 582. The van der Waals surface area contributed by atoms with Crippen molar-refractivity contribution in [2.45, 2.75) is 17.0 Å². The van der Waals surface area contributed by atoms with Crippen LogP contribution in [-0.2, 0) is 0 Å². The molecule has 0 fully saturated rings. The third-order valence-electron chi connectivity index (χ3n) is 3.29. The van der Waals surface area contributed by atoms with Crippen molar-refractivity contribution >= 4 is 36.2 Å². The Balaban J connectivity index is 1.61. The van der Waals surface area contributed by atoms with E-state index < -0.39 is 0 Å². The topological polar surface area (TPSA) is 12.4 Å². The summed E-state index contributed by atoms with van der Waals surface area (Å²) in [4.78, 5) is 5.45. The zero-order chi connectivity index (χ0) is 13.8. The van der Waals surface area contributed by atoms with Gasteiger partial charge in [-0.2, -0.15) is 0 Å². The molecule has 3 rings (SSSR count). The zero-order valence-corrected chi connectivity index (χ0v) is 13.9. The Morgan fingerprint density at radius 2 is 1.70 bits per heavy atom. The summed E-state index contributed by atoms with van der Waals surface area (Å²) in [5.74, 6) is 0. The normalized spacial score (nSPS) is 19.6. The number of benzene rings is 2. The van der Waals surface area contributed by atoms with Crippen LogP contribution in [0, 0.1) is 0 Å². The van der Waals surface area contributed by atoms with Gasteiger partial charge < -0.3 is 0 Å². The second-order valence-electron chi connectivity index (χ2n) is 4.80. The predicted octanol–water partition coefficient (Wildman–Crippen LogP) is 3.39. The number of aliphatic imine (C=N–C) groups is 1. The molecule has 2 unspecified atom stereocenters. The van der Waals surface area contributed by atoms with E-state index in [9.17, 15) is 0 Å².